The lowest BCUT2D eigenvalue weighted by atomic mass is 10.0. The fourth-order valence-corrected chi connectivity index (χ4v) is 2.26. The minimum absolute atomic E-state index is 0.0103. The molecule has 0 saturated heterocycles. The summed E-state index contributed by atoms with van der Waals surface area (Å²) in [6, 6.07) is 4.33. The first-order chi connectivity index (χ1) is 8.90. The Morgan fingerprint density at radius 2 is 2.11 bits per heavy atom. The first kappa shape index (κ1) is 13.7. The molecule has 100 valence electrons. The van der Waals surface area contributed by atoms with Crippen LogP contribution < -0.4 is 0 Å². The van der Waals surface area contributed by atoms with Crippen molar-refractivity contribution in [2.24, 2.45) is 7.05 Å². The van der Waals surface area contributed by atoms with Crippen molar-refractivity contribution < 1.29 is 9.18 Å². The van der Waals surface area contributed by atoms with Crippen molar-refractivity contribution in [2.75, 3.05) is 0 Å². The third-order valence-electron chi connectivity index (χ3n) is 3.15. The summed E-state index contributed by atoms with van der Waals surface area (Å²) in [7, 11) is 1.78. The molecule has 0 amide bonds. The van der Waals surface area contributed by atoms with Crippen molar-refractivity contribution in [1.29, 1.82) is 0 Å². The van der Waals surface area contributed by atoms with Gasteiger partial charge in [-0.1, -0.05) is 17.7 Å². The molecule has 0 aliphatic rings. The number of halogens is 2. The topological polar surface area (TPSA) is 34.9 Å². The Bertz CT molecular complexity index is 649. The Hall–Kier alpha value is -1.68. The molecule has 0 aliphatic heterocycles. The van der Waals surface area contributed by atoms with Crippen molar-refractivity contribution in [3.8, 4) is 0 Å². The largest absolute Gasteiger partial charge is 0.294 e. The Morgan fingerprint density at radius 1 is 1.42 bits per heavy atom. The van der Waals surface area contributed by atoms with E-state index in [1.165, 1.54) is 12.1 Å². The number of aromatic nitrogens is 2. The van der Waals surface area contributed by atoms with Crippen molar-refractivity contribution >= 4 is 17.4 Å². The molecule has 0 bridgehead atoms. The van der Waals surface area contributed by atoms with Crippen LogP contribution in [0.1, 0.15) is 27.3 Å². The number of carbonyl (C=O) groups is 1. The van der Waals surface area contributed by atoms with Crippen LogP contribution in [0.15, 0.2) is 18.2 Å². The minimum Gasteiger partial charge on any atom is -0.294 e. The van der Waals surface area contributed by atoms with Gasteiger partial charge in [0.05, 0.1) is 11.3 Å². The van der Waals surface area contributed by atoms with Gasteiger partial charge in [0.1, 0.15) is 5.82 Å². The summed E-state index contributed by atoms with van der Waals surface area (Å²) >= 11 is 5.69. The molecule has 0 N–H and O–H groups in total. The SMILES string of the molecule is Cc1nn(C)c(C)c1C(=O)Cc1ccc(Cl)cc1F. The van der Waals surface area contributed by atoms with Crippen molar-refractivity contribution in [1.82, 2.24) is 9.78 Å². The van der Waals surface area contributed by atoms with E-state index in [1.807, 2.05) is 6.92 Å². The molecule has 0 atom stereocenters. The van der Waals surface area contributed by atoms with E-state index in [-0.39, 0.29) is 12.2 Å². The Balaban J connectivity index is 2.31. The number of hydrogen-bond donors (Lipinski definition) is 0. The number of benzene rings is 1. The third kappa shape index (κ3) is 2.68. The minimum atomic E-state index is -0.458. The summed E-state index contributed by atoms with van der Waals surface area (Å²) < 4.78 is 15.3. The highest BCUT2D eigenvalue weighted by Crippen LogP contribution is 2.19. The molecule has 0 aliphatic carbocycles. The molecule has 0 radical (unpaired) electrons. The molecular formula is C14H14ClFN2O. The van der Waals surface area contributed by atoms with E-state index in [9.17, 15) is 9.18 Å². The van der Waals surface area contributed by atoms with Gasteiger partial charge < -0.3 is 0 Å². The fourth-order valence-electron chi connectivity index (χ4n) is 2.10. The van der Waals surface area contributed by atoms with E-state index in [4.69, 9.17) is 11.6 Å². The monoisotopic (exact) mass is 280 g/mol. The normalized spacial score (nSPS) is 10.8. The molecule has 5 heteroatoms. The maximum atomic E-state index is 13.7. The fraction of sp³-hybridized carbons (Fsp3) is 0.286. The summed E-state index contributed by atoms with van der Waals surface area (Å²) in [5.74, 6) is -0.593. The molecule has 1 aromatic heterocycles. The molecule has 0 saturated carbocycles. The highest BCUT2D eigenvalue weighted by molar-refractivity contribution is 6.30. The Kier molecular flexibility index (Phi) is 3.71. The summed E-state index contributed by atoms with van der Waals surface area (Å²) in [5.41, 5.74) is 2.37. The van der Waals surface area contributed by atoms with Crippen LogP contribution in [0.4, 0.5) is 4.39 Å². The molecule has 0 spiro atoms. The molecule has 0 fully saturated rings. The predicted octanol–water partition coefficient (Wildman–Crippen LogP) is 3.25. The summed E-state index contributed by atoms with van der Waals surface area (Å²) in [5, 5.41) is 4.51. The van der Waals surface area contributed by atoms with Crippen molar-refractivity contribution in [3.05, 3.63) is 51.6 Å². The van der Waals surface area contributed by atoms with Crippen LogP contribution in [-0.2, 0) is 13.5 Å². The number of hydrogen-bond acceptors (Lipinski definition) is 2. The van der Waals surface area contributed by atoms with Crippen LogP contribution in [0.25, 0.3) is 0 Å². The van der Waals surface area contributed by atoms with Gasteiger partial charge in [0.25, 0.3) is 0 Å². The standard InChI is InChI=1S/C14H14ClFN2O/c1-8-14(9(2)18(3)17-8)13(19)6-10-4-5-11(15)7-12(10)16/h4-5,7H,6H2,1-3H3. The van der Waals surface area contributed by atoms with Gasteiger partial charge in [0.2, 0.25) is 0 Å². The predicted molar refractivity (Wildman–Crippen MR) is 72.1 cm³/mol. The summed E-state index contributed by atoms with van der Waals surface area (Å²) in [6.45, 7) is 3.60. The van der Waals surface area contributed by atoms with E-state index in [0.29, 0.717) is 21.8 Å². The van der Waals surface area contributed by atoms with Gasteiger partial charge in [0, 0.05) is 24.2 Å². The van der Waals surface area contributed by atoms with Gasteiger partial charge in [-0.25, -0.2) is 4.39 Å². The van der Waals surface area contributed by atoms with E-state index in [1.54, 1.807) is 24.7 Å². The van der Waals surface area contributed by atoms with E-state index in [0.717, 1.165) is 5.69 Å². The third-order valence-corrected chi connectivity index (χ3v) is 3.39. The van der Waals surface area contributed by atoms with Crippen LogP contribution in [0.2, 0.25) is 5.02 Å². The molecule has 1 aromatic carbocycles. The number of Topliss-reactive ketones (excluding diaryl/α,β-unsaturated/α-hetero) is 1. The van der Waals surface area contributed by atoms with Crippen LogP contribution in [0.5, 0.6) is 0 Å². The molecule has 2 rings (SSSR count). The highest BCUT2D eigenvalue weighted by atomic mass is 35.5. The summed E-state index contributed by atoms with van der Waals surface area (Å²) in [4.78, 5) is 12.3. The number of aryl methyl sites for hydroxylation is 2. The highest BCUT2D eigenvalue weighted by Gasteiger charge is 2.18. The second-order valence-electron chi connectivity index (χ2n) is 4.51. The second-order valence-corrected chi connectivity index (χ2v) is 4.94. The zero-order chi connectivity index (χ0) is 14.2. The second kappa shape index (κ2) is 5.13. The van der Waals surface area contributed by atoms with Gasteiger partial charge in [-0.15, -0.1) is 0 Å². The molecule has 19 heavy (non-hydrogen) atoms. The average Bonchev–Trinajstić information content (AvgIpc) is 2.57. The van der Waals surface area contributed by atoms with Gasteiger partial charge >= 0.3 is 0 Å². The quantitative estimate of drug-likeness (QED) is 0.809. The molecule has 2 aromatic rings. The van der Waals surface area contributed by atoms with E-state index >= 15 is 0 Å². The van der Waals surface area contributed by atoms with Gasteiger partial charge in [-0.2, -0.15) is 5.10 Å². The van der Waals surface area contributed by atoms with E-state index < -0.39 is 5.82 Å². The number of rotatable bonds is 3. The van der Waals surface area contributed by atoms with E-state index in [2.05, 4.69) is 5.10 Å². The van der Waals surface area contributed by atoms with Gasteiger partial charge in [-0.3, -0.25) is 9.48 Å². The van der Waals surface area contributed by atoms with Crippen molar-refractivity contribution in [2.45, 2.75) is 20.3 Å². The zero-order valence-electron chi connectivity index (χ0n) is 11.0. The van der Waals surface area contributed by atoms with Crippen LogP contribution >= 0.6 is 11.6 Å². The molecule has 3 nitrogen and oxygen atoms in total. The lowest BCUT2D eigenvalue weighted by Gasteiger charge is -2.04. The number of ketones is 1. The first-order valence-corrected chi connectivity index (χ1v) is 6.25. The number of nitrogens with zero attached hydrogens (tertiary/aromatic N) is 2. The lowest BCUT2D eigenvalue weighted by molar-refractivity contribution is 0.0990. The molecule has 0 unspecified atom stereocenters. The average molecular weight is 281 g/mol. The maximum Gasteiger partial charge on any atom is 0.171 e. The van der Waals surface area contributed by atoms with Crippen LogP contribution in [0, 0.1) is 19.7 Å². The zero-order valence-corrected chi connectivity index (χ0v) is 11.8. The molecule has 1 heterocycles. The van der Waals surface area contributed by atoms with Gasteiger partial charge in [-0.05, 0) is 31.5 Å². The maximum absolute atomic E-state index is 13.7. The van der Waals surface area contributed by atoms with Gasteiger partial charge in [0.15, 0.2) is 5.78 Å². The summed E-state index contributed by atoms with van der Waals surface area (Å²) in [6.07, 6.45) is 0.0103. The Morgan fingerprint density at radius 3 is 2.63 bits per heavy atom. The number of carbonyl (C=O) groups excluding carboxylic acids is 1. The molecular weight excluding hydrogens is 267 g/mol. The van der Waals surface area contributed by atoms with Crippen LogP contribution in [-0.4, -0.2) is 15.6 Å². The smallest absolute Gasteiger partial charge is 0.171 e. The first-order valence-electron chi connectivity index (χ1n) is 5.87. The Labute approximate surface area is 116 Å². The van der Waals surface area contributed by atoms with Crippen LogP contribution in [0.3, 0.4) is 0 Å². The lowest BCUT2D eigenvalue weighted by Crippen LogP contribution is -2.08. The van der Waals surface area contributed by atoms with Crippen molar-refractivity contribution in [3.63, 3.8) is 0 Å².